The Bertz CT molecular complexity index is 981. The summed E-state index contributed by atoms with van der Waals surface area (Å²) in [4.78, 5) is 12.7. The van der Waals surface area contributed by atoms with E-state index in [9.17, 15) is 13.2 Å². The van der Waals surface area contributed by atoms with Gasteiger partial charge in [-0.05, 0) is 62.4 Å². The summed E-state index contributed by atoms with van der Waals surface area (Å²) in [5.74, 6) is 0.507. The minimum Gasteiger partial charge on any atom is -0.496 e. The zero-order chi connectivity index (χ0) is 21.7. The van der Waals surface area contributed by atoms with E-state index in [0.29, 0.717) is 25.3 Å². The Labute approximate surface area is 179 Å². The smallest absolute Gasteiger partial charge is 0.243 e. The van der Waals surface area contributed by atoms with Crippen molar-refractivity contribution in [2.45, 2.75) is 50.5 Å². The fraction of sp³-hybridized carbons (Fsp3) is 0.435. The van der Waals surface area contributed by atoms with Crippen LogP contribution in [0.15, 0.2) is 47.4 Å². The predicted octanol–water partition coefficient (Wildman–Crippen LogP) is 3.60. The average Bonchev–Trinajstić information content (AvgIpc) is 3.28. The van der Waals surface area contributed by atoms with Crippen molar-refractivity contribution >= 4 is 15.9 Å². The van der Waals surface area contributed by atoms with Crippen molar-refractivity contribution in [2.75, 3.05) is 20.2 Å². The highest BCUT2D eigenvalue weighted by molar-refractivity contribution is 7.89. The second kappa shape index (κ2) is 9.62. The molecule has 7 heteroatoms. The van der Waals surface area contributed by atoms with Gasteiger partial charge < -0.3 is 10.1 Å². The number of carbonyl (C=O) groups excluding carboxylic acids is 1. The van der Waals surface area contributed by atoms with Crippen molar-refractivity contribution in [2.24, 2.45) is 0 Å². The Morgan fingerprint density at radius 2 is 1.80 bits per heavy atom. The highest BCUT2D eigenvalue weighted by Crippen LogP contribution is 2.27. The SMILES string of the molecule is COc1ccc(S(=O)(=O)N2CCCC2)cc1CCC(=O)NC(C)c1ccc(C)cc1. The molecule has 0 spiro atoms. The number of rotatable bonds is 8. The molecule has 1 amide bonds. The lowest BCUT2D eigenvalue weighted by Gasteiger charge is -2.18. The van der Waals surface area contributed by atoms with Crippen molar-refractivity contribution < 1.29 is 17.9 Å². The summed E-state index contributed by atoms with van der Waals surface area (Å²) in [6, 6.07) is 12.9. The number of sulfonamides is 1. The average molecular weight is 431 g/mol. The number of amides is 1. The van der Waals surface area contributed by atoms with Gasteiger partial charge in [-0.3, -0.25) is 4.79 Å². The Hall–Kier alpha value is -2.38. The Kier molecular flexibility index (Phi) is 7.15. The normalized spacial score (nSPS) is 15.7. The maximum atomic E-state index is 12.9. The number of nitrogens with zero attached hydrogens (tertiary/aromatic N) is 1. The van der Waals surface area contributed by atoms with E-state index in [1.165, 1.54) is 9.87 Å². The van der Waals surface area contributed by atoms with Gasteiger partial charge in [0.25, 0.3) is 0 Å². The number of methoxy groups -OCH3 is 1. The van der Waals surface area contributed by atoms with Gasteiger partial charge in [-0.25, -0.2) is 8.42 Å². The fourth-order valence-corrected chi connectivity index (χ4v) is 5.26. The number of benzene rings is 2. The third-order valence-corrected chi connectivity index (χ3v) is 7.43. The zero-order valence-electron chi connectivity index (χ0n) is 17.8. The van der Waals surface area contributed by atoms with Crippen LogP contribution in [0.2, 0.25) is 0 Å². The number of hydrogen-bond donors (Lipinski definition) is 1. The molecule has 0 radical (unpaired) electrons. The van der Waals surface area contributed by atoms with E-state index < -0.39 is 10.0 Å². The molecule has 0 bridgehead atoms. The van der Waals surface area contributed by atoms with Crippen LogP contribution in [0.3, 0.4) is 0 Å². The lowest BCUT2D eigenvalue weighted by atomic mass is 10.1. The minimum absolute atomic E-state index is 0.0852. The molecule has 0 aromatic heterocycles. The molecule has 1 saturated heterocycles. The maximum absolute atomic E-state index is 12.9. The van der Waals surface area contributed by atoms with Gasteiger partial charge in [-0.1, -0.05) is 29.8 Å². The van der Waals surface area contributed by atoms with E-state index in [0.717, 1.165) is 24.0 Å². The zero-order valence-corrected chi connectivity index (χ0v) is 18.7. The first-order chi connectivity index (χ1) is 14.3. The summed E-state index contributed by atoms with van der Waals surface area (Å²) in [5.41, 5.74) is 2.94. The van der Waals surface area contributed by atoms with Gasteiger partial charge in [0.2, 0.25) is 15.9 Å². The summed E-state index contributed by atoms with van der Waals surface area (Å²) >= 11 is 0. The molecular formula is C23H30N2O4S. The molecule has 1 unspecified atom stereocenters. The lowest BCUT2D eigenvalue weighted by Crippen LogP contribution is -2.28. The highest BCUT2D eigenvalue weighted by Gasteiger charge is 2.27. The van der Waals surface area contributed by atoms with Crippen molar-refractivity contribution in [3.05, 3.63) is 59.2 Å². The molecule has 30 heavy (non-hydrogen) atoms. The number of carbonyl (C=O) groups is 1. The highest BCUT2D eigenvalue weighted by atomic mass is 32.2. The van der Waals surface area contributed by atoms with Crippen LogP contribution in [-0.2, 0) is 21.2 Å². The summed E-state index contributed by atoms with van der Waals surface area (Å²) in [6.45, 7) is 5.09. The second-order valence-corrected chi connectivity index (χ2v) is 9.72. The molecule has 1 heterocycles. The van der Waals surface area contributed by atoms with Crippen LogP contribution in [-0.4, -0.2) is 38.8 Å². The van der Waals surface area contributed by atoms with Gasteiger partial charge >= 0.3 is 0 Å². The van der Waals surface area contributed by atoms with Crippen molar-refractivity contribution in [1.82, 2.24) is 9.62 Å². The molecule has 1 N–H and O–H groups in total. The number of hydrogen-bond acceptors (Lipinski definition) is 4. The molecule has 3 rings (SSSR count). The first-order valence-corrected chi connectivity index (χ1v) is 11.8. The molecule has 162 valence electrons. The van der Waals surface area contributed by atoms with Gasteiger partial charge in [0.1, 0.15) is 5.75 Å². The van der Waals surface area contributed by atoms with Gasteiger partial charge in [0.15, 0.2) is 0 Å². The molecule has 0 saturated carbocycles. The number of aryl methyl sites for hydroxylation is 2. The van der Waals surface area contributed by atoms with Crippen LogP contribution in [0.4, 0.5) is 0 Å². The quantitative estimate of drug-likeness (QED) is 0.694. The lowest BCUT2D eigenvalue weighted by molar-refractivity contribution is -0.121. The molecule has 1 aliphatic rings. The van der Waals surface area contributed by atoms with Crippen LogP contribution in [0.5, 0.6) is 5.75 Å². The number of ether oxygens (including phenoxy) is 1. The minimum atomic E-state index is -3.51. The van der Waals surface area contributed by atoms with Crippen molar-refractivity contribution in [3.8, 4) is 5.75 Å². The second-order valence-electron chi connectivity index (χ2n) is 7.78. The van der Waals surface area contributed by atoms with E-state index in [-0.39, 0.29) is 23.3 Å². The molecule has 1 aliphatic heterocycles. The Balaban J connectivity index is 1.67. The first kappa shape index (κ1) is 22.3. The van der Waals surface area contributed by atoms with Crippen LogP contribution < -0.4 is 10.1 Å². The topological polar surface area (TPSA) is 75.7 Å². The van der Waals surface area contributed by atoms with Crippen LogP contribution >= 0.6 is 0 Å². The third kappa shape index (κ3) is 5.21. The van der Waals surface area contributed by atoms with E-state index in [1.54, 1.807) is 25.3 Å². The molecule has 2 aromatic carbocycles. The molecular weight excluding hydrogens is 400 g/mol. The van der Waals surface area contributed by atoms with Gasteiger partial charge in [0.05, 0.1) is 18.0 Å². The van der Waals surface area contributed by atoms with E-state index in [2.05, 4.69) is 5.32 Å². The third-order valence-electron chi connectivity index (χ3n) is 5.53. The monoisotopic (exact) mass is 430 g/mol. The van der Waals surface area contributed by atoms with Crippen LogP contribution in [0.1, 0.15) is 48.9 Å². The molecule has 1 fully saturated rings. The van der Waals surface area contributed by atoms with E-state index >= 15 is 0 Å². The Morgan fingerprint density at radius 3 is 2.43 bits per heavy atom. The van der Waals surface area contributed by atoms with Gasteiger partial charge in [0, 0.05) is 19.5 Å². The van der Waals surface area contributed by atoms with Gasteiger partial charge in [-0.15, -0.1) is 0 Å². The summed E-state index contributed by atoms with van der Waals surface area (Å²) in [7, 11) is -1.96. The van der Waals surface area contributed by atoms with Crippen molar-refractivity contribution in [3.63, 3.8) is 0 Å². The summed E-state index contributed by atoms with van der Waals surface area (Å²) in [6.07, 6.45) is 2.43. The fourth-order valence-electron chi connectivity index (χ4n) is 3.69. The van der Waals surface area contributed by atoms with Crippen molar-refractivity contribution in [1.29, 1.82) is 0 Å². The largest absolute Gasteiger partial charge is 0.496 e. The molecule has 6 nitrogen and oxygen atoms in total. The molecule has 2 aromatic rings. The summed E-state index contributed by atoms with van der Waals surface area (Å²) in [5, 5.41) is 3.01. The maximum Gasteiger partial charge on any atom is 0.243 e. The molecule has 1 atom stereocenters. The first-order valence-electron chi connectivity index (χ1n) is 10.3. The van der Waals surface area contributed by atoms with E-state index in [4.69, 9.17) is 4.74 Å². The standard InChI is InChI=1S/C23H30N2O4S/c1-17-6-8-19(9-7-17)18(2)24-23(26)13-10-20-16-21(11-12-22(20)29-3)30(27,28)25-14-4-5-15-25/h6-9,11-12,16,18H,4-5,10,13-15H2,1-3H3,(H,24,26). The Morgan fingerprint density at radius 1 is 1.13 bits per heavy atom. The summed E-state index contributed by atoms with van der Waals surface area (Å²) < 4.78 is 32.6. The van der Waals surface area contributed by atoms with E-state index in [1.807, 2.05) is 38.1 Å². The van der Waals surface area contributed by atoms with Crippen LogP contribution in [0, 0.1) is 6.92 Å². The molecule has 0 aliphatic carbocycles. The van der Waals surface area contributed by atoms with Gasteiger partial charge in [-0.2, -0.15) is 4.31 Å². The number of nitrogens with one attached hydrogen (secondary N) is 1. The van der Waals surface area contributed by atoms with Crippen LogP contribution in [0.25, 0.3) is 0 Å². The predicted molar refractivity (Wildman–Crippen MR) is 117 cm³/mol.